The largest absolute Gasteiger partial charge is 0.361 e. The molecule has 0 saturated heterocycles. The predicted octanol–water partition coefficient (Wildman–Crippen LogP) is 0.597. The second kappa shape index (κ2) is 5.50. The second-order valence-electron chi connectivity index (χ2n) is 3.74. The van der Waals surface area contributed by atoms with Gasteiger partial charge in [-0.1, -0.05) is 19.0 Å². The molecule has 0 atom stereocenters. The number of aryl methyl sites for hydroxylation is 1. The van der Waals surface area contributed by atoms with Crippen LogP contribution in [-0.2, 0) is 11.3 Å². The van der Waals surface area contributed by atoms with Crippen LogP contribution in [0.25, 0.3) is 0 Å². The summed E-state index contributed by atoms with van der Waals surface area (Å²) in [7, 11) is 0. The van der Waals surface area contributed by atoms with Crippen molar-refractivity contribution in [1.29, 1.82) is 0 Å². The fourth-order valence-corrected chi connectivity index (χ4v) is 1.05. The minimum Gasteiger partial charge on any atom is -0.361 e. The van der Waals surface area contributed by atoms with Crippen molar-refractivity contribution >= 4 is 5.91 Å². The van der Waals surface area contributed by atoms with Crippen molar-refractivity contribution in [2.24, 2.45) is 0 Å². The Morgan fingerprint density at radius 3 is 2.87 bits per heavy atom. The number of nitrogens with zero attached hydrogens (tertiary/aromatic N) is 1. The third-order valence-corrected chi connectivity index (χ3v) is 1.81. The van der Waals surface area contributed by atoms with Gasteiger partial charge in [-0.15, -0.1) is 0 Å². The Labute approximate surface area is 89.2 Å². The van der Waals surface area contributed by atoms with Crippen LogP contribution in [0.3, 0.4) is 0 Å². The summed E-state index contributed by atoms with van der Waals surface area (Å²) < 4.78 is 4.88. The molecule has 0 aliphatic carbocycles. The van der Waals surface area contributed by atoms with Crippen LogP contribution in [0.4, 0.5) is 0 Å². The summed E-state index contributed by atoms with van der Waals surface area (Å²) in [4.78, 5) is 11.3. The van der Waals surface area contributed by atoms with Crippen LogP contribution >= 0.6 is 0 Å². The number of aromatic nitrogens is 1. The maximum atomic E-state index is 11.3. The first-order valence-electron chi connectivity index (χ1n) is 5.00. The van der Waals surface area contributed by atoms with E-state index in [1.54, 1.807) is 6.07 Å². The van der Waals surface area contributed by atoms with E-state index in [4.69, 9.17) is 4.52 Å². The number of hydrogen-bond acceptors (Lipinski definition) is 4. The molecule has 0 aliphatic rings. The fourth-order valence-electron chi connectivity index (χ4n) is 1.05. The Balaban J connectivity index is 2.22. The van der Waals surface area contributed by atoms with Gasteiger partial charge in [-0.3, -0.25) is 4.79 Å². The van der Waals surface area contributed by atoms with E-state index in [-0.39, 0.29) is 5.91 Å². The highest BCUT2D eigenvalue weighted by Crippen LogP contribution is 2.00. The van der Waals surface area contributed by atoms with Crippen LogP contribution in [0.1, 0.15) is 25.3 Å². The number of carbonyl (C=O) groups excluding carboxylic acids is 1. The zero-order valence-corrected chi connectivity index (χ0v) is 9.33. The molecule has 0 bridgehead atoms. The van der Waals surface area contributed by atoms with E-state index < -0.39 is 0 Å². The third kappa shape index (κ3) is 4.60. The average molecular weight is 211 g/mol. The molecular weight excluding hydrogens is 194 g/mol. The standard InChI is InChI=1S/C10H17N3O2/c1-7(2)11-6-10(14)12-5-9-4-8(3)15-13-9/h4,7,11H,5-6H2,1-3H3,(H,12,14). The predicted molar refractivity (Wildman–Crippen MR) is 56.2 cm³/mol. The maximum Gasteiger partial charge on any atom is 0.234 e. The highest BCUT2D eigenvalue weighted by Gasteiger charge is 2.04. The molecule has 84 valence electrons. The number of nitrogens with one attached hydrogen (secondary N) is 2. The van der Waals surface area contributed by atoms with Crippen LogP contribution in [0.15, 0.2) is 10.6 Å². The molecule has 1 aromatic heterocycles. The van der Waals surface area contributed by atoms with Crippen molar-refractivity contribution in [1.82, 2.24) is 15.8 Å². The average Bonchev–Trinajstić information content (AvgIpc) is 2.58. The molecule has 1 rings (SSSR count). The lowest BCUT2D eigenvalue weighted by Crippen LogP contribution is -2.36. The van der Waals surface area contributed by atoms with E-state index in [2.05, 4.69) is 15.8 Å². The molecule has 2 N–H and O–H groups in total. The third-order valence-electron chi connectivity index (χ3n) is 1.81. The van der Waals surface area contributed by atoms with Crippen LogP contribution in [0, 0.1) is 6.92 Å². The van der Waals surface area contributed by atoms with Crippen molar-refractivity contribution in [3.8, 4) is 0 Å². The van der Waals surface area contributed by atoms with E-state index >= 15 is 0 Å². The van der Waals surface area contributed by atoms with Gasteiger partial charge in [0.05, 0.1) is 13.1 Å². The van der Waals surface area contributed by atoms with Crippen LogP contribution < -0.4 is 10.6 Å². The normalized spacial score (nSPS) is 10.7. The quantitative estimate of drug-likeness (QED) is 0.748. The highest BCUT2D eigenvalue weighted by molar-refractivity contribution is 5.77. The lowest BCUT2D eigenvalue weighted by atomic mass is 10.3. The van der Waals surface area contributed by atoms with Crippen LogP contribution in [0.2, 0.25) is 0 Å². The van der Waals surface area contributed by atoms with Crippen molar-refractivity contribution in [3.05, 3.63) is 17.5 Å². The highest BCUT2D eigenvalue weighted by atomic mass is 16.5. The van der Waals surface area contributed by atoms with Crippen molar-refractivity contribution < 1.29 is 9.32 Å². The van der Waals surface area contributed by atoms with Gasteiger partial charge < -0.3 is 15.2 Å². The summed E-state index contributed by atoms with van der Waals surface area (Å²) >= 11 is 0. The number of rotatable bonds is 5. The minimum absolute atomic E-state index is 0.0376. The Bertz CT molecular complexity index is 320. The monoisotopic (exact) mass is 211 g/mol. The first-order chi connectivity index (χ1) is 7.08. The SMILES string of the molecule is Cc1cc(CNC(=O)CNC(C)C)no1. The molecule has 0 unspecified atom stereocenters. The summed E-state index contributed by atoms with van der Waals surface area (Å²) in [5, 5.41) is 9.55. The lowest BCUT2D eigenvalue weighted by Gasteiger charge is -2.07. The van der Waals surface area contributed by atoms with Gasteiger partial charge in [-0.05, 0) is 6.92 Å². The summed E-state index contributed by atoms with van der Waals surface area (Å²) in [6, 6.07) is 2.11. The molecule has 5 heteroatoms. The van der Waals surface area contributed by atoms with E-state index in [0.29, 0.717) is 19.1 Å². The van der Waals surface area contributed by atoms with Crippen molar-refractivity contribution in [3.63, 3.8) is 0 Å². The molecule has 0 aliphatic heterocycles. The van der Waals surface area contributed by atoms with E-state index in [9.17, 15) is 4.79 Å². The van der Waals surface area contributed by atoms with Gasteiger partial charge in [-0.2, -0.15) is 0 Å². The molecule has 0 aromatic carbocycles. The summed E-state index contributed by atoms with van der Waals surface area (Å²) in [6.45, 7) is 6.55. The Morgan fingerprint density at radius 1 is 1.60 bits per heavy atom. The topological polar surface area (TPSA) is 67.2 Å². The Hall–Kier alpha value is -1.36. The maximum absolute atomic E-state index is 11.3. The first kappa shape index (κ1) is 11.7. The van der Waals surface area contributed by atoms with Gasteiger partial charge in [-0.25, -0.2) is 0 Å². The number of carbonyl (C=O) groups is 1. The van der Waals surface area contributed by atoms with Crippen molar-refractivity contribution in [2.45, 2.75) is 33.4 Å². The van der Waals surface area contributed by atoms with Crippen LogP contribution in [-0.4, -0.2) is 23.7 Å². The van der Waals surface area contributed by atoms with Gasteiger partial charge in [0.1, 0.15) is 11.5 Å². The molecule has 0 spiro atoms. The Morgan fingerprint density at radius 2 is 2.33 bits per heavy atom. The zero-order valence-electron chi connectivity index (χ0n) is 9.33. The minimum atomic E-state index is -0.0376. The lowest BCUT2D eigenvalue weighted by molar-refractivity contribution is -0.120. The van der Waals surface area contributed by atoms with Crippen molar-refractivity contribution in [2.75, 3.05) is 6.54 Å². The van der Waals surface area contributed by atoms with Crippen LogP contribution in [0.5, 0.6) is 0 Å². The number of amides is 1. The van der Waals surface area contributed by atoms with Gasteiger partial charge in [0, 0.05) is 12.1 Å². The molecule has 0 saturated carbocycles. The Kier molecular flexibility index (Phi) is 4.30. The second-order valence-corrected chi connectivity index (χ2v) is 3.74. The van der Waals surface area contributed by atoms with Gasteiger partial charge >= 0.3 is 0 Å². The van der Waals surface area contributed by atoms with Gasteiger partial charge in [0.2, 0.25) is 5.91 Å². The molecule has 5 nitrogen and oxygen atoms in total. The number of hydrogen-bond donors (Lipinski definition) is 2. The summed E-state index contributed by atoms with van der Waals surface area (Å²) in [6.07, 6.45) is 0. The van der Waals surface area contributed by atoms with Gasteiger partial charge in [0.25, 0.3) is 0 Å². The van der Waals surface area contributed by atoms with E-state index in [0.717, 1.165) is 11.5 Å². The smallest absolute Gasteiger partial charge is 0.234 e. The summed E-state index contributed by atoms with van der Waals surface area (Å²) in [5.74, 6) is 0.712. The first-order valence-corrected chi connectivity index (χ1v) is 5.00. The fraction of sp³-hybridized carbons (Fsp3) is 0.600. The van der Waals surface area contributed by atoms with Gasteiger partial charge in [0.15, 0.2) is 0 Å². The molecule has 1 heterocycles. The van der Waals surface area contributed by atoms with E-state index in [1.807, 2.05) is 20.8 Å². The molecule has 15 heavy (non-hydrogen) atoms. The molecule has 1 amide bonds. The molecule has 1 aromatic rings. The summed E-state index contributed by atoms with van der Waals surface area (Å²) in [5.41, 5.74) is 0.741. The molecule has 0 radical (unpaired) electrons. The van der Waals surface area contributed by atoms with E-state index in [1.165, 1.54) is 0 Å². The molecular formula is C10H17N3O2. The zero-order chi connectivity index (χ0) is 11.3. The molecule has 0 fully saturated rings.